The summed E-state index contributed by atoms with van der Waals surface area (Å²) >= 11 is 0. The molecular weight excluding hydrogens is 408 g/mol. The van der Waals surface area contributed by atoms with Gasteiger partial charge in [0.1, 0.15) is 5.60 Å². The van der Waals surface area contributed by atoms with Crippen molar-refractivity contribution in [3.8, 4) is 0 Å². The molecule has 0 aliphatic carbocycles. The quantitative estimate of drug-likeness (QED) is 0.607. The topological polar surface area (TPSA) is 113 Å². The van der Waals surface area contributed by atoms with Crippen molar-refractivity contribution in [1.29, 1.82) is 0 Å². The number of aromatic nitrogens is 2. The third-order valence-corrected chi connectivity index (χ3v) is 4.35. The van der Waals surface area contributed by atoms with Crippen molar-refractivity contribution in [2.45, 2.75) is 77.7 Å². The minimum atomic E-state index is -1.03. The van der Waals surface area contributed by atoms with E-state index in [4.69, 9.17) is 4.74 Å². The van der Waals surface area contributed by atoms with Crippen molar-refractivity contribution >= 4 is 12.0 Å². The first-order valence-electron chi connectivity index (χ1n) is 10.7. The first kappa shape index (κ1) is 25.3. The van der Waals surface area contributed by atoms with E-state index in [0.29, 0.717) is 17.0 Å². The van der Waals surface area contributed by atoms with Crippen molar-refractivity contribution in [3.63, 3.8) is 0 Å². The molecule has 8 nitrogen and oxygen atoms in total. The van der Waals surface area contributed by atoms with E-state index < -0.39 is 29.4 Å². The fourth-order valence-corrected chi connectivity index (χ4v) is 3.04. The molecule has 0 saturated carbocycles. The van der Waals surface area contributed by atoms with Crippen molar-refractivity contribution in [3.05, 3.63) is 59.7 Å². The SMILES string of the molecule is CC(C)(C)NC(=O)c1cccnc1CC(O)C(Cc1ccccn1)NC(=O)OC(C)(C)C. The molecule has 0 spiro atoms. The van der Waals surface area contributed by atoms with Crippen LogP contribution >= 0.6 is 0 Å². The molecule has 8 heteroatoms. The van der Waals surface area contributed by atoms with Gasteiger partial charge in [0.25, 0.3) is 5.91 Å². The summed E-state index contributed by atoms with van der Waals surface area (Å²) in [5.41, 5.74) is 0.445. The van der Waals surface area contributed by atoms with Crippen molar-refractivity contribution in [2.24, 2.45) is 0 Å². The Bertz CT molecular complexity index is 904. The summed E-state index contributed by atoms with van der Waals surface area (Å²) in [7, 11) is 0. The molecule has 0 aliphatic rings. The smallest absolute Gasteiger partial charge is 0.407 e. The zero-order valence-electron chi connectivity index (χ0n) is 19.7. The summed E-state index contributed by atoms with van der Waals surface area (Å²) < 4.78 is 5.36. The number of ether oxygens (including phenoxy) is 1. The third kappa shape index (κ3) is 8.63. The van der Waals surface area contributed by atoms with E-state index in [1.807, 2.05) is 32.9 Å². The lowest BCUT2D eigenvalue weighted by Crippen LogP contribution is -2.48. The molecular formula is C24H34N4O4. The second-order valence-corrected chi connectivity index (χ2v) is 9.75. The normalized spacial score (nSPS) is 13.7. The van der Waals surface area contributed by atoms with Gasteiger partial charge in [0.2, 0.25) is 0 Å². The van der Waals surface area contributed by atoms with Crippen molar-refractivity contribution in [1.82, 2.24) is 20.6 Å². The number of amides is 2. The van der Waals surface area contributed by atoms with E-state index in [1.54, 1.807) is 51.4 Å². The molecule has 2 atom stereocenters. The number of aliphatic hydroxyl groups is 1. The van der Waals surface area contributed by atoms with E-state index in [-0.39, 0.29) is 18.7 Å². The van der Waals surface area contributed by atoms with Crippen molar-refractivity contribution in [2.75, 3.05) is 0 Å². The molecule has 3 N–H and O–H groups in total. The lowest BCUT2D eigenvalue weighted by atomic mass is 9.98. The van der Waals surface area contributed by atoms with Crippen LogP contribution in [0.4, 0.5) is 4.79 Å². The van der Waals surface area contributed by atoms with Gasteiger partial charge in [0.15, 0.2) is 0 Å². The van der Waals surface area contributed by atoms with Crippen LogP contribution < -0.4 is 10.6 Å². The minimum Gasteiger partial charge on any atom is -0.444 e. The molecule has 2 heterocycles. The van der Waals surface area contributed by atoms with Crippen LogP contribution in [-0.2, 0) is 17.6 Å². The molecule has 0 fully saturated rings. The van der Waals surface area contributed by atoms with Crippen LogP contribution in [0.1, 0.15) is 63.3 Å². The molecule has 2 rings (SSSR count). The Hall–Kier alpha value is -3.00. The number of aliphatic hydroxyl groups excluding tert-OH is 1. The van der Waals surface area contributed by atoms with Crippen LogP contribution in [0.5, 0.6) is 0 Å². The van der Waals surface area contributed by atoms with Crippen LogP contribution in [0.3, 0.4) is 0 Å². The Morgan fingerprint density at radius 2 is 1.69 bits per heavy atom. The maximum atomic E-state index is 12.7. The van der Waals surface area contributed by atoms with Crippen LogP contribution in [0, 0.1) is 0 Å². The highest BCUT2D eigenvalue weighted by molar-refractivity contribution is 5.95. The highest BCUT2D eigenvalue weighted by Gasteiger charge is 2.28. The standard InChI is InChI=1S/C24H34N4O4/c1-23(2,3)28-21(30)17-11-9-13-26-18(17)15-20(29)19(14-16-10-7-8-12-25-16)27-22(31)32-24(4,5)6/h7-13,19-20,29H,14-15H2,1-6H3,(H,27,31)(H,28,30). The summed E-state index contributed by atoms with van der Waals surface area (Å²) in [6.45, 7) is 11.0. The number of rotatable bonds is 7. The Morgan fingerprint density at radius 1 is 1.00 bits per heavy atom. The van der Waals surface area contributed by atoms with Crippen LogP contribution in [0.15, 0.2) is 42.7 Å². The van der Waals surface area contributed by atoms with Gasteiger partial charge in [-0.2, -0.15) is 0 Å². The highest BCUT2D eigenvalue weighted by Crippen LogP contribution is 2.15. The van der Waals surface area contributed by atoms with Gasteiger partial charge in [-0.1, -0.05) is 6.07 Å². The summed E-state index contributed by atoms with van der Waals surface area (Å²) in [5.74, 6) is -0.269. The van der Waals surface area contributed by atoms with Gasteiger partial charge in [-0.25, -0.2) is 4.79 Å². The molecule has 2 unspecified atom stereocenters. The maximum Gasteiger partial charge on any atom is 0.407 e. The zero-order valence-corrected chi connectivity index (χ0v) is 19.7. The molecule has 2 aromatic rings. The number of nitrogens with zero attached hydrogens (tertiary/aromatic N) is 2. The second-order valence-electron chi connectivity index (χ2n) is 9.75. The zero-order chi connectivity index (χ0) is 23.9. The molecule has 32 heavy (non-hydrogen) atoms. The average Bonchev–Trinajstić information content (AvgIpc) is 2.66. The van der Waals surface area contributed by atoms with Gasteiger partial charge < -0.3 is 20.5 Å². The minimum absolute atomic E-state index is 0.0705. The number of nitrogens with one attached hydrogen (secondary N) is 2. The lowest BCUT2D eigenvalue weighted by Gasteiger charge is -2.27. The summed E-state index contributed by atoms with van der Waals surface area (Å²) in [4.78, 5) is 33.7. The van der Waals surface area contributed by atoms with Crippen LogP contribution in [0.2, 0.25) is 0 Å². The van der Waals surface area contributed by atoms with Crippen molar-refractivity contribution < 1.29 is 19.4 Å². The Morgan fingerprint density at radius 3 is 2.28 bits per heavy atom. The average molecular weight is 443 g/mol. The van der Waals surface area contributed by atoms with Gasteiger partial charge in [0, 0.05) is 36.5 Å². The molecule has 0 saturated heterocycles. The molecule has 2 aromatic heterocycles. The highest BCUT2D eigenvalue weighted by atomic mass is 16.6. The first-order chi connectivity index (χ1) is 14.8. The third-order valence-electron chi connectivity index (χ3n) is 4.35. The Kier molecular flexibility index (Phi) is 8.32. The lowest BCUT2D eigenvalue weighted by molar-refractivity contribution is 0.0420. The number of pyridine rings is 2. The summed E-state index contributed by atoms with van der Waals surface area (Å²) in [6, 6.07) is 8.11. The van der Waals surface area contributed by atoms with Gasteiger partial charge in [-0.15, -0.1) is 0 Å². The Labute approximate surface area is 189 Å². The fourth-order valence-electron chi connectivity index (χ4n) is 3.04. The van der Waals surface area contributed by atoms with Gasteiger partial charge in [-0.3, -0.25) is 14.8 Å². The van der Waals surface area contributed by atoms with Gasteiger partial charge >= 0.3 is 6.09 Å². The molecule has 0 radical (unpaired) electrons. The monoisotopic (exact) mass is 442 g/mol. The van der Waals surface area contributed by atoms with E-state index in [1.165, 1.54) is 0 Å². The number of hydrogen-bond donors (Lipinski definition) is 3. The van der Waals surface area contributed by atoms with E-state index in [0.717, 1.165) is 0 Å². The predicted octanol–water partition coefficient (Wildman–Crippen LogP) is 3.04. The molecule has 0 aromatic carbocycles. The number of alkyl carbamates (subject to hydrolysis) is 1. The molecule has 0 aliphatic heterocycles. The predicted molar refractivity (Wildman–Crippen MR) is 122 cm³/mol. The largest absolute Gasteiger partial charge is 0.444 e. The van der Waals surface area contributed by atoms with E-state index >= 15 is 0 Å². The Balaban J connectivity index is 2.23. The van der Waals surface area contributed by atoms with Gasteiger partial charge in [0.05, 0.1) is 23.4 Å². The number of carbonyl (C=O) groups excluding carboxylic acids is 2. The summed E-state index contributed by atoms with van der Waals surface area (Å²) in [6.07, 6.45) is 1.92. The van der Waals surface area contributed by atoms with E-state index in [2.05, 4.69) is 20.6 Å². The van der Waals surface area contributed by atoms with Gasteiger partial charge in [-0.05, 0) is 65.8 Å². The number of hydrogen-bond acceptors (Lipinski definition) is 6. The van der Waals surface area contributed by atoms with E-state index in [9.17, 15) is 14.7 Å². The molecule has 2 amide bonds. The molecule has 0 bridgehead atoms. The fraction of sp³-hybridized carbons (Fsp3) is 0.500. The van der Waals surface area contributed by atoms with Crippen LogP contribution in [0.25, 0.3) is 0 Å². The number of carbonyl (C=O) groups is 2. The maximum absolute atomic E-state index is 12.7. The van der Waals surface area contributed by atoms with Crippen LogP contribution in [-0.4, -0.2) is 50.4 Å². The molecule has 174 valence electrons. The second kappa shape index (κ2) is 10.5. The summed E-state index contributed by atoms with van der Waals surface area (Å²) in [5, 5.41) is 16.7. The first-order valence-corrected chi connectivity index (χ1v) is 10.7.